The van der Waals surface area contributed by atoms with Crippen molar-refractivity contribution in [3.8, 4) is 0 Å². The average Bonchev–Trinajstić information content (AvgIpc) is 2.99. The summed E-state index contributed by atoms with van der Waals surface area (Å²) in [5.74, 6) is -0.262. The molecule has 0 aromatic heterocycles. The fourth-order valence-electron chi connectivity index (χ4n) is 4.10. The largest absolute Gasteiger partial charge is 0.392 e. The molecule has 25 heavy (non-hydrogen) atoms. The molecule has 5 nitrogen and oxygen atoms in total. The van der Waals surface area contributed by atoms with Gasteiger partial charge in [0, 0.05) is 26.2 Å². The lowest BCUT2D eigenvalue weighted by Crippen LogP contribution is -2.45. The Morgan fingerprint density at radius 2 is 1.88 bits per heavy atom. The van der Waals surface area contributed by atoms with Gasteiger partial charge >= 0.3 is 0 Å². The second-order valence-corrected chi connectivity index (χ2v) is 7.54. The highest BCUT2D eigenvalue weighted by Gasteiger charge is 2.31. The molecule has 0 bridgehead atoms. The van der Waals surface area contributed by atoms with Crippen molar-refractivity contribution in [2.75, 3.05) is 13.1 Å². The van der Waals surface area contributed by atoms with Crippen molar-refractivity contribution >= 4 is 5.91 Å². The van der Waals surface area contributed by atoms with Gasteiger partial charge in [-0.2, -0.15) is 0 Å². The molecule has 1 aromatic carbocycles. The van der Waals surface area contributed by atoms with E-state index in [9.17, 15) is 9.90 Å². The van der Waals surface area contributed by atoms with Crippen molar-refractivity contribution < 1.29 is 14.6 Å². The summed E-state index contributed by atoms with van der Waals surface area (Å²) < 4.78 is 5.81. The summed E-state index contributed by atoms with van der Waals surface area (Å²) >= 11 is 0. The van der Waals surface area contributed by atoms with E-state index in [1.807, 2.05) is 6.07 Å². The highest BCUT2D eigenvalue weighted by atomic mass is 16.5. The number of rotatable bonds is 5. The first-order valence-corrected chi connectivity index (χ1v) is 9.43. The van der Waals surface area contributed by atoms with Crippen LogP contribution in [0.1, 0.15) is 44.2 Å². The van der Waals surface area contributed by atoms with Crippen molar-refractivity contribution in [1.82, 2.24) is 10.2 Å². The van der Waals surface area contributed by atoms with Crippen molar-refractivity contribution in [1.29, 1.82) is 0 Å². The van der Waals surface area contributed by atoms with Crippen LogP contribution in [0.5, 0.6) is 0 Å². The van der Waals surface area contributed by atoms with Crippen LogP contribution in [0.15, 0.2) is 24.3 Å². The Kier molecular flexibility index (Phi) is 6.10. The predicted octanol–water partition coefficient (Wildman–Crippen LogP) is 2.07. The number of morpholine rings is 1. The molecule has 2 aliphatic rings. The van der Waals surface area contributed by atoms with Gasteiger partial charge in [-0.25, -0.2) is 0 Å². The molecule has 4 atom stereocenters. The molecular weight excluding hydrogens is 316 g/mol. The Hall–Kier alpha value is -1.43. The number of aliphatic hydroxyl groups excluding tert-OH is 1. The smallest absolute Gasteiger partial charge is 0.225 e. The molecule has 4 unspecified atom stereocenters. The normalized spacial score (nSPS) is 30.4. The minimum atomic E-state index is -0.480. The minimum absolute atomic E-state index is 0.0200. The number of aliphatic hydroxyl groups is 1. The molecule has 1 saturated heterocycles. The molecule has 1 aliphatic carbocycles. The van der Waals surface area contributed by atoms with Crippen LogP contribution < -0.4 is 5.32 Å². The summed E-state index contributed by atoms with van der Waals surface area (Å²) in [5, 5.41) is 12.9. The molecule has 1 heterocycles. The standard InChI is InChI=1S/C20H30N2O3/c1-14-11-22(12-15(2)25-14)13-17-7-4-3-6-16(17)10-21-20(24)18-8-5-9-19(18)23/h3-4,6-7,14-15,18-19,23H,5,8-13H2,1-2H3,(H,21,24). The number of carbonyl (C=O) groups excluding carboxylic acids is 1. The lowest BCUT2D eigenvalue weighted by molar-refractivity contribution is -0.127. The summed E-state index contributed by atoms with van der Waals surface area (Å²) in [5.41, 5.74) is 2.39. The Morgan fingerprint density at radius 1 is 1.20 bits per heavy atom. The van der Waals surface area contributed by atoms with Gasteiger partial charge in [0.25, 0.3) is 0 Å². The van der Waals surface area contributed by atoms with E-state index in [1.165, 1.54) is 5.56 Å². The van der Waals surface area contributed by atoms with Crippen molar-refractivity contribution in [3.63, 3.8) is 0 Å². The average molecular weight is 346 g/mol. The summed E-state index contributed by atoms with van der Waals surface area (Å²) in [6.07, 6.45) is 2.48. The molecule has 2 N–H and O–H groups in total. The molecule has 0 radical (unpaired) electrons. The number of ether oxygens (including phenoxy) is 1. The number of benzene rings is 1. The van der Waals surface area contributed by atoms with E-state index in [1.54, 1.807) is 0 Å². The van der Waals surface area contributed by atoms with E-state index in [0.29, 0.717) is 6.54 Å². The molecule has 1 aromatic rings. The lowest BCUT2D eigenvalue weighted by Gasteiger charge is -2.35. The summed E-state index contributed by atoms with van der Waals surface area (Å²) in [6.45, 7) is 7.48. The van der Waals surface area contributed by atoms with Gasteiger partial charge in [0.1, 0.15) is 0 Å². The second kappa shape index (κ2) is 8.30. The van der Waals surface area contributed by atoms with Crippen molar-refractivity contribution in [2.24, 2.45) is 5.92 Å². The van der Waals surface area contributed by atoms with Crippen LogP contribution in [-0.4, -0.2) is 47.3 Å². The van der Waals surface area contributed by atoms with E-state index in [-0.39, 0.29) is 24.0 Å². The van der Waals surface area contributed by atoms with Crippen LogP contribution in [0.25, 0.3) is 0 Å². The summed E-state index contributed by atoms with van der Waals surface area (Å²) in [7, 11) is 0. The van der Waals surface area contributed by atoms with Crippen LogP contribution in [0, 0.1) is 5.92 Å². The number of hydrogen-bond acceptors (Lipinski definition) is 4. The van der Waals surface area contributed by atoms with Crippen LogP contribution in [-0.2, 0) is 22.6 Å². The summed E-state index contributed by atoms with van der Waals surface area (Å²) in [4.78, 5) is 14.7. The van der Waals surface area contributed by atoms with E-state index < -0.39 is 6.10 Å². The van der Waals surface area contributed by atoms with Gasteiger partial charge in [0.2, 0.25) is 5.91 Å². The SMILES string of the molecule is CC1CN(Cc2ccccc2CNC(=O)C2CCCC2O)CC(C)O1. The van der Waals surface area contributed by atoms with E-state index in [2.05, 4.69) is 42.3 Å². The first-order valence-electron chi connectivity index (χ1n) is 9.43. The van der Waals surface area contributed by atoms with E-state index in [0.717, 1.165) is 44.5 Å². The monoisotopic (exact) mass is 346 g/mol. The van der Waals surface area contributed by atoms with Gasteiger partial charge in [-0.3, -0.25) is 9.69 Å². The van der Waals surface area contributed by atoms with Gasteiger partial charge in [-0.15, -0.1) is 0 Å². The quantitative estimate of drug-likeness (QED) is 0.857. The Bertz CT molecular complexity index is 582. The lowest BCUT2D eigenvalue weighted by atomic mass is 10.0. The molecule has 1 amide bonds. The van der Waals surface area contributed by atoms with Crippen LogP contribution in [0.4, 0.5) is 0 Å². The van der Waals surface area contributed by atoms with E-state index in [4.69, 9.17) is 4.74 Å². The third-order valence-electron chi connectivity index (χ3n) is 5.28. The third-order valence-corrected chi connectivity index (χ3v) is 5.28. The topological polar surface area (TPSA) is 61.8 Å². The molecule has 5 heteroatoms. The third kappa shape index (κ3) is 4.81. The highest BCUT2D eigenvalue weighted by Crippen LogP contribution is 2.25. The number of nitrogens with zero attached hydrogens (tertiary/aromatic N) is 1. The van der Waals surface area contributed by atoms with Gasteiger partial charge in [-0.1, -0.05) is 24.3 Å². The molecular formula is C20H30N2O3. The zero-order chi connectivity index (χ0) is 17.8. The van der Waals surface area contributed by atoms with Crippen LogP contribution in [0.2, 0.25) is 0 Å². The number of hydrogen-bond donors (Lipinski definition) is 2. The van der Waals surface area contributed by atoms with Gasteiger partial charge in [-0.05, 0) is 44.2 Å². The number of nitrogens with one attached hydrogen (secondary N) is 1. The van der Waals surface area contributed by atoms with Gasteiger partial charge in [0.05, 0.1) is 24.2 Å². The number of amides is 1. The first kappa shape index (κ1) is 18.4. The van der Waals surface area contributed by atoms with Crippen molar-refractivity contribution in [2.45, 2.75) is 64.5 Å². The van der Waals surface area contributed by atoms with E-state index >= 15 is 0 Å². The molecule has 0 spiro atoms. The molecule has 1 aliphatic heterocycles. The Morgan fingerprint density at radius 3 is 2.52 bits per heavy atom. The molecule has 2 fully saturated rings. The molecule has 138 valence electrons. The van der Waals surface area contributed by atoms with Crippen LogP contribution in [0.3, 0.4) is 0 Å². The zero-order valence-corrected chi connectivity index (χ0v) is 15.3. The fourth-order valence-corrected chi connectivity index (χ4v) is 4.10. The maximum Gasteiger partial charge on any atom is 0.225 e. The maximum absolute atomic E-state index is 12.3. The van der Waals surface area contributed by atoms with Gasteiger partial charge < -0.3 is 15.2 Å². The first-order chi connectivity index (χ1) is 12.0. The molecule has 3 rings (SSSR count). The van der Waals surface area contributed by atoms with Crippen LogP contribution >= 0.6 is 0 Å². The fraction of sp³-hybridized carbons (Fsp3) is 0.650. The summed E-state index contributed by atoms with van der Waals surface area (Å²) in [6, 6.07) is 8.28. The Labute approximate surface area is 150 Å². The number of carbonyl (C=O) groups is 1. The second-order valence-electron chi connectivity index (χ2n) is 7.54. The highest BCUT2D eigenvalue weighted by molar-refractivity contribution is 5.79. The molecule has 1 saturated carbocycles. The minimum Gasteiger partial charge on any atom is -0.392 e. The van der Waals surface area contributed by atoms with Crippen molar-refractivity contribution in [3.05, 3.63) is 35.4 Å². The van der Waals surface area contributed by atoms with Gasteiger partial charge in [0.15, 0.2) is 0 Å². The Balaban J connectivity index is 1.60. The predicted molar refractivity (Wildman–Crippen MR) is 96.9 cm³/mol. The maximum atomic E-state index is 12.3. The zero-order valence-electron chi connectivity index (χ0n) is 15.3.